The number of aromatic nitrogens is 1. The molecule has 1 aliphatic rings. The van der Waals surface area contributed by atoms with Gasteiger partial charge in [-0.1, -0.05) is 12.1 Å². The van der Waals surface area contributed by atoms with Crippen LogP contribution >= 0.6 is 11.8 Å². The lowest BCUT2D eigenvalue weighted by molar-refractivity contribution is 0.0705. The number of hydrogen-bond donors (Lipinski definition) is 2. The van der Waals surface area contributed by atoms with Crippen molar-refractivity contribution in [3.8, 4) is 11.5 Å². The van der Waals surface area contributed by atoms with Crippen LogP contribution in [0.25, 0.3) is 0 Å². The van der Waals surface area contributed by atoms with Crippen LogP contribution in [0.3, 0.4) is 0 Å². The zero-order chi connectivity index (χ0) is 21.2. The number of aliphatic hydroxyl groups excluding tert-OH is 1. The molecule has 0 radical (unpaired) electrons. The highest BCUT2D eigenvalue weighted by Crippen LogP contribution is 2.28. The minimum atomic E-state index is -0.505. The number of nitrogens with one attached hydrogen (secondary N) is 1. The Labute approximate surface area is 184 Å². The molecule has 2 heterocycles. The van der Waals surface area contributed by atoms with Gasteiger partial charge in [-0.2, -0.15) is 11.8 Å². The zero-order valence-corrected chi connectivity index (χ0v) is 18.8. The van der Waals surface area contributed by atoms with Crippen LogP contribution in [-0.2, 0) is 13.0 Å². The molecule has 1 aromatic heterocycles. The number of rotatable bonds is 11. The van der Waals surface area contributed by atoms with Crippen molar-refractivity contribution >= 4 is 11.8 Å². The number of hydrogen-bond acceptors (Lipinski definition) is 7. The molecule has 0 unspecified atom stereocenters. The molecule has 0 bridgehead atoms. The second-order valence-corrected chi connectivity index (χ2v) is 8.78. The smallest absolute Gasteiger partial charge is 0.161 e. The Kier molecular flexibility index (Phi) is 9.27. The highest BCUT2D eigenvalue weighted by molar-refractivity contribution is 7.99. The van der Waals surface area contributed by atoms with Gasteiger partial charge in [-0.3, -0.25) is 9.88 Å². The van der Waals surface area contributed by atoms with E-state index < -0.39 is 6.10 Å². The maximum Gasteiger partial charge on any atom is 0.161 e. The second kappa shape index (κ2) is 12.2. The summed E-state index contributed by atoms with van der Waals surface area (Å²) >= 11 is 1.97. The minimum absolute atomic E-state index is 0.265. The predicted octanol–water partition coefficient (Wildman–Crippen LogP) is 2.52. The highest BCUT2D eigenvalue weighted by Gasteiger charge is 2.16. The van der Waals surface area contributed by atoms with E-state index in [0.29, 0.717) is 18.0 Å². The Morgan fingerprint density at radius 1 is 1.20 bits per heavy atom. The quantitative estimate of drug-likeness (QED) is 0.530. The molecule has 2 aromatic rings. The summed E-state index contributed by atoms with van der Waals surface area (Å²) in [6.45, 7) is 6.61. The summed E-state index contributed by atoms with van der Waals surface area (Å²) in [5.74, 6) is 3.63. The summed E-state index contributed by atoms with van der Waals surface area (Å²) < 4.78 is 11.3. The number of aliphatic hydroxyl groups is 1. The molecule has 1 aliphatic heterocycles. The summed E-state index contributed by atoms with van der Waals surface area (Å²) in [6.07, 6.45) is 0.391. The third kappa shape index (κ3) is 7.47. The fourth-order valence-electron chi connectivity index (χ4n) is 3.45. The van der Waals surface area contributed by atoms with E-state index in [1.54, 1.807) is 7.11 Å². The van der Waals surface area contributed by atoms with Gasteiger partial charge in [-0.05, 0) is 36.8 Å². The predicted molar refractivity (Wildman–Crippen MR) is 123 cm³/mol. The number of nitrogens with zero attached hydrogens (tertiary/aromatic N) is 2. The molecule has 0 amide bonds. The summed E-state index contributed by atoms with van der Waals surface area (Å²) in [4.78, 5) is 6.82. The van der Waals surface area contributed by atoms with Crippen LogP contribution in [0.15, 0.2) is 36.4 Å². The van der Waals surface area contributed by atoms with E-state index in [4.69, 9.17) is 9.47 Å². The molecule has 0 saturated carbocycles. The molecule has 0 aliphatic carbocycles. The van der Waals surface area contributed by atoms with Crippen LogP contribution < -0.4 is 14.8 Å². The van der Waals surface area contributed by atoms with Gasteiger partial charge in [0.05, 0.1) is 7.11 Å². The van der Waals surface area contributed by atoms with Crippen LogP contribution in [0.4, 0.5) is 0 Å². The van der Waals surface area contributed by atoms with Gasteiger partial charge in [0.15, 0.2) is 11.5 Å². The van der Waals surface area contributed by atoms with Crippen molar-refractivity contribution in [3.05, 3.63) is 53.3 Å². The van der Waals surface area contributed by atoms with Crippen LogP contribution in [0.5, 0.6) is 11.5 Å². The zero-order valence-electron chi connectivity index (χ0n) is 18.0. The van der Waals surface area contributed by atoms with Gasteiger partial charge in [0, 0.05) is 62.0 Å². The number of ether oxygens (including phenoxy) is 2. The molecule has 7 heteroatoms. The Morgan fingerprint density at radius 2 is 2.03 bits per heavy atom. The fraction of sp³-hybridized carbons (Fsp3) is 0.522. The third-order valence-electron chi connectivity index (χ3n) is 5.06. The topological polar surface area (TPSA) is 66.8 Å². The van der Waals surface area contributed by atoms with Gasteiger partial charge < -0.3 is 19.9 Å². The van der Waals surface area contributed by atoms with Crippen LogP contribution in [0, 0.1) is 6.92 Å². The van der Waals surface area contributed by atoms with E-state index in [9.17, 15) is 5.11 Å². The minimum Gasteiger partial charge on any atom is -0.493 e. The summed E-state index contributed by atoms with van der Waals surface area (Å²) in [7, 11) is 1.64. The van der Waals surface area contributed by atoms with E-state index in [0.717, 1.165) is 61.1 Å². The van der Waals surface area contributed by atoms with Crippen molar-refractivity contribution in [2.75, 3.05) is 51.4 Å². The Balaban J connectivity index is 1.43. The van der Waals surface area contributed by atoms with E-state index >= 15 is 0 Å². The average molecular weight is 432 g/mol. The molecule has 30 heavy (non-hydrogen) atoms. The van der Waals surface area contributed by atoms with E-state index in [1.165, 1.54) is 0 Å². The highest BCUT2D eigenvalue weighted by atomic mass is 32.2. The largest absolute Gasteiger partial charge is 0.493 e. The number of methoxy groups -OCH3 is 1. The molecular weight excluding hydrogens is 398 g/mol. The summed E-state index contributed by atoms with van der Waals surface area (Å²) in [5.41, 5.74) is 3.28. The number of aryl methyl sites for hydroxylation is 1. The van der Waals surface area contributed by atoms with E-state index in [2.05, 4.69) is 21.3 Å². The van der Waals surface area contributed by atoms with Crippen molar-refractivity contribution < 1.29 is 14.6 Å². The molecule has 3 rings (SSSR count). The first-order valence-electron chi connectivity index (χ1n) is 10.5. The van der Waals surface area contributed by atoms with Gasteiger partial charge in [0.2, 0.25) is 0 Å². The Morgan fingerprint density at radius 3 is 2.80 bits per heavy atom. The number of thioether (sulfide) groups is 1. The molecule has 1 atom stereocenters. The molecule has 6 nitrogen and oxygen atoms in total. The molecule has 1 aromatic carbocycles. The van der Waals surface area contributed by atoms with Gasteiger partial charge in [0.25, 0.3) is 0 Å². The Bertz CT molecular complexity index is 784. The lowest BCUT2D eigenvalue weighted by Crippen LogP contribution is -2.40. The van der Waals surface area contributed by atoms with Crippen LogP contribution in [-0.4, -0.2) is 72.5 Å². The molecule has 164 valence electrons. The Hall–Kier alpha value is -1.80. The normalized spacial score (nSPS) is 15.7. The van der Waals surface area contributed by atoms with Gasteiger partial charge in [-0.15, -0.1) is 0 Å². The first kappa shape index (κ1) is 22.9. The summed E-state index contributed by atoms with van der Waals surface area (Å²) in [5, 5.41) is 13.8. The van der Waals surface area contributed by atoms with Crippen molar-refractivity contribution in [1.29, 1.82) is 0 Å². The SMILES string of the molecule is COc1cc(CNCCc2cccc(C)n2)ccc1OC[C@@H](O)CN1CCSCC1. The maximum absolute atomic E-state index is 10.3. The number of pyridine rings is 1. The van der Waals surface area contributed by atoms with Crippen LogP contribution in [0.1, 0.15) is 17.0 Å². The van der Waals surface area contributed by atoms with Gasteiger partial charge in [-0.25, -0.2) is 0 Å². The fourth-order valence-corrected chi connectivity index (χ4v) is 4.43. The van der Waals surface area contributed by atoms with Crippen molar-refractivity contribution in [2.45, 2.75) is 26.0 Å². The molecule has 1 fully saturated rings. The second-order valence-electron chi connectivity index (χ2n) is 7.56. The molecule has 2 N–H and O–H groups in total. The monoisotopic (exact) mass is 431 g/mol. The van der Waals surface area contributed by atoms with Crippen molar-refractivity contribution in [2.24, 2.45) is 0 Å². The number of benzene rings is 1. The van der Waals surface area contributed by atoms with Gasteiger partial charge in [0.1, 0.15) is 12.7 Å². The lowest BCUT2D eigenvalue weighted by atomic mass is 10.2. The lowest BCUT2D eigenvalue weighted by Gasteiger charge is -2.28. The van der Waals surface area contributed by atoms with E-state index in [1.807, 2.05) is 49.0 Å². The summed E-state index contributed by atoms with van der Waals surface area (Å²) in [6, 6.07) is 12.1. The van der Waals surface area contributed by atoms with Crippen molar-refractivity contribution in [3.63, 3.8) is 0 Å². The standard InChI is InChI=1S/C23H33N3O3S/c1-18-4-3-5-20(25-18)8-9-24-15-19-6-7-22(23(14-19)28-2)29-17-21(27)16-26-10-12-30-13-11-26/h3-7,14,21,24,27H,8-13,15-17H2,1-2H3/t21-/m0/s1. The molecular formula is C23H33N3O3S. The van der Waals surface area contributed by atoms with Crippen LogP contribution in [0.2, 0.25) is 0 Å². The van der Waals surface area contributed by atoms with Crippen molar-refractivity contribution in [1.82, 2.24) is 15.2 Å². The first-order valence-corrected chi connectivity index (χ1v) is 11.7. The molecule has 0 spiro atoms. The third-order valence-corrected chi connectivity index (χ3v) is 6.01. The first-order chi connectivity index (χ1) is 14.6. The average Bonchev–Trinajstić information content (AvgIpc) is 2.76. The van der Waals surface area contributed by atoms with Gasteiger partial charge >= 0.3 is 0 Å². The maximum atomic E-state index is 10.3. The molecule has 1 saturated heterocycles. The number of β-amino-alcohol motifs (C(OH)–C–C–N with tert-alkyl or cyclic N) is 1. The van der Waals surface area contributed by atoms with E-state index in [-0.39, 0.29) is 6.61 Å².